The summed E-state index contributed by atoms with van der Waals surface area (Å²) in [5, 5.41) is 10.1. The summed E-state index contributed by atoms with van der Waals surface area (Å²) in [5.41, 5.74) is 0.696. The molecular weight excluding hydrogens is 349 g/mol. The number of benzene rings is 1. The number of nitro groups is 1. The molecule has 0 heterocycles. The van der Waals surface area contributed by atoms with Gasteiger partial charge in [0.1, 0.15) is 5.38 Å². The number of hydrogen-bond acceptors (Lipinski definition) is 2. The molecule has 0 N–H and O–H groups in total. The van der Waals surface area contributed by atoms with E-state index in [9.17, 15) is 10.1 Å². The molecule has 0 radical (unpaired) electrons. The second kappa shape index (κ2) is 4.80. The largest absolute Gasteiger partial charge is 0.291 e. The summed E-state index contributed by atoms with van der Waals surface area (Å²) in [5.74, 6) is 0. The first-order valence-corrected chi connectivity index (χ1v) is 6.11. The number of rotatable bonds is 3. The van der Waals surface area contributed by atoms with Crippen molar-refractivity contribution in [2.75, 3.05) is 0 Å². The molecule has 0 bridgehead atoms. The first-order valence-electron chi connectivity index (χ1n) is 4.08. The predicted molar refractivity (Wildman–Crippen MR) is 67.1 cm³/mol. The van der Waals surface area contributed by atoms with Gasteiger partial charge in [-0.05, 0) is 17.7 Å². The molecule has 0 amide bonds. The molecule has 15 heavy (non-hydrogen) atoms. The van der Waals surface area contributed by atoms with Crippen LogP contribution in [0.2, 0.25) is 0 Å². The second-order valence-electron chi connectivity index (χ2n) is 3.20. The Morgan fingerprint density at radius 3 is 2.67 bits per heavy atom. The standard InChI is InChI=1S/C9H8Br2ClNO2/c1-9(11,13(14)15)8(12)6-3-2-4-7(10)5-6/h2-5,8H,1H3/t8-,9+/m0/s1. The molecule has 0 fully saturated rings. The number of nitrogens with zero attached hydrogens (tertiary/aromatic N) is 1. The molecule has 3 nitrogen and oxygen atoms in total. The van der Waals surface area contributed by atoms with Crippen molar-refractivity contribution in [3.05, 3.63) is 44.4 Å². The van der Waals surface area contributed by atoms with Crippen LogP contribution in [0.15, 0.2) is 28.7 Å². The summed E-state index contributed by atoms with van der Waals surface area (Å²) in [7, 11) is 0. The van der Waals surface area contributed by atoms with E-state index in [0.717, 1.165) is 4.47 Å². The number of hydrogen-bond donors (Lipinski definition) is 0. The zero-order valence-electron chi connectivity index (χ0n) is 7.78. The van der Waals surface area contributed by atoms with E-state index >= 15 is 0 Å². The van der Waals surface area contributed by atoms with Gasteiger partial charge in [0, 0.05) is 32.2 Å². The molecule has 0 aliphatic heterocycles. The van der Waals surface area contributed by atoms with Gasteiger partial charge in [0.05, 0.1) is 0 Å². The van der Waals surface area contributed by atoms with Crippen molar-refractivity contribution in [3.63, 3.8) is 0 Å². The highest BCUT2D eigenvalue weighted by Crippen LogP contribution is 2.39. The SMILES string of the molecule is C[C@](Br)([C@@H](Cl)c1cccc(Br)c1)[N+](=O)[O-]. The zero-order valence-corrected chi connectivity index (χ0v) is 11.7. The van der Waals surface area contributed by atoms with Gasteiger partial charge in [-0.1, -0.05) is 28.1 Å². The fourth-order valence-electron chi connectivity index (χ4n) is 1.06. The van der Waals surface area contributed by atoms with E-state index in [1.54, 1.807) is 18.2 Å². The minimum Gasteiger partial charge on any atom is -0.263 e. The van der Waals surface area contributed by atoms with E-state index in [0.29, 0.717) is 5.56 Å². The molecule has 0 spiro atoms. The Morgan fingerprint density at radius 2 is 2.20 bits per heavy atom. The number of alkyl halides is 2. The summed E-state index contributed by atoms with van der Waals surface area (Å²) in [6, 6.07) is 7.15. The van der Waals surface area contributed by atoms with Crippen LogP contribution in [0.5, 0.6) is 0 Å². The molecule has 2 atom stereocenters. The van der Waals surface area contributed by atoms with E-state index in [1.165, 1.54) is 6.92 Å². The molecule has 1 rings (SSSR count). The van der Waals surface area contributed by atoms with Gasteiger partial charge in [0.25, 0.3) is 4.45 Å². The lowest BCUT2D eigenvalue weighted by Crippen LogP contribution is -2.32. The minimum atomic E-state index is -1.37. The van der Waals surface area contributed by atoms with Crippen LogP contribution in [0.25, 0.3) is 0 Å². The van der Waals surface area contributed by atoms with Gasteiger partial charge in [0.2, 0.25) is 0 Å². The normalized spacial score (nSPS) is 16.8. The molecule has 1 aromatic rings. The fourth-order valence-corrected chi connectivity index (χ4v) is 1.96. The maximum Gasteiger partial charge on any atom is 0.291 e. The maximum atomic E-state index is 10.8. The maximum absolute atomic E-state index is 10.8. The van der Waals surface area contributed by atoms with Gasteiger partial charge in [0.15, 0.2) is 0 Å². The summed E-state index contributed by atoms with van der Waals surface area (Å²) in [6.45, 7) is 1.44. The highest BCUT2D eigenvalue weighted by molar-refractivity contribution is 9.10. The van der Waals surface area contributed by atoms with E-state index in [2.05, 4.69) is 31.9 Å². The average Bonchev–Trinajstić information content (AvgIpc) is 2.16. The monoisotopic (exact) mass is 355 g/mol. The summed E-state index contributed by atoms with van der Waals surface area (Å²) >= 11 is 12.4. The van der Waals surface area contributed by atoms with Crippen LogP contribution in [0.1, 0.15) is 17.9 Å². The van der Waals surface area contributed by atoms with Gasteiger partial charge < -0.3 is 0 Å². The lowest BCUT2D eigenvalue weighted by Gasteiger charge is -2.19. The van der Waals surface area contributed by atoms with E-state index in [-0.39, 0.29) is 0 Å². The van der Waals surface area contributed by atoms with Gasteiger partial charge in [-0.2, -0.15) is 0 Å². The van der Waals surface area contributed by atoms with Gasteiger partial charge in [-0.15, -0.1) is 11.6 Å². The topological polar surface area (TPSA) is 43.1 Å². The van der Waals surface area contributed by atoms with Crippen LogP contribution in [-0.2, 0) is 0 Å². The van der Waals surface area contributed by atoms with Crippen LogP contribution < -0.4 is 0 Å². The zero-order chi connectivity index (χ0) is 11.6. The first kappa shape index (κ1) is 12.9. The molecular formula is C9H8Br2ClNO2. The molecule has 82 valence electrons. The lowest BCUT2D eigenvalue weighted by molar-refractivity contribution is -0.531. The molecule has 0 unspecified atom stereocenters. The Balaban J connectivity index is 3.04. The lowest BCUT2D eigenvalue weighted by atomic mass is 10.1. The predicted octanol–water partition coefficient (Wildman–Crippen LogP) is 4.12. The van der Waals surface area contributed by atoms with E-state index in [4.69, 9.17) is 11.6 Å². The van der Waals surface area contributed by atoms with Crippen molar-refractivity contribution in [2.24, 2.45) is 0 Å². The molecule has 6 heteroatoms. The van der Waals surface area contributed by atoms with Crippen molar-refractivity contribution < 1.29 is 4.92 Å². The van der Waals surface area contributed by atoms with E-state index in [1.807, 2.05) is 6.07 Å². The van der Waals surface area contributed by atoms with E-state index < -0.39 is 14.7 Å². The van der Waals surface area contributed by atoms with Crippen LogP contribution in [-0.4, -0.2) is 9.37 Å². The van der Waals surface area contributed by atoms with Crippen molar-refractivity contribution >= 4 is 43.5 Å². The highest BCUT2D eigenvalue weighted by atomic mass is 79.9. The molecule has 0 saturated heterocycles. The summed E-state index contributed by atoms with van der Waals surface area (Å²) < 4.78 is -0.521. The van der Waals surface area contributed by atoms with Crippen LogP contribution >= 0.6 is 43.5 Å². The summed E-state index contributed by atoms with van der Waals surface area (Å²) in [4.78, 5) is 10.3. The minimum absolute atomic E-state index is 0.439. The third kappa shape index (κ3) is 2.92. The molecule has 0 aliphatic rings. The van der Waals surface area contributed by atoms with Gasteiger partial charge >= 0.3 is 0 Å². The van der Waals surface area contributed by atoms with Crippen LogP contribution in [0.3, 0.4) is 0 Å². The van der Waals surface area contributed by atoms with Crippen molar-refractivity contribution in [2.45, 2.75) is 16.7 Å². The number of halogens is 3. The Kier molecular flexibility index (Phi) is 4.14. The van der Waals surface area contributed by atoms with Crippen LogP contribution in [0, 0.1) is 10.1 Å². The average molecular weight is 357 g/mol. The fraction of sp³-hybridized carbons (Fsp3) is 0.333. The second-order valence-corrected chi connectivity index (χ2v) is 6.16. The molecule has 0 aliphatic carbocycles. The molecule has 0 aromatic heterocycles. The van der Waals surface area contributed by atoms with Crippen molar-refractivity contribution in [1.29, 1.82) is 0 Å². The Hall–Kier alpha value is -0.130. The first-order chi connectivity index (χ1) is 6.85. The Labute approximate surface area is 109 Å². The van der Waals surface area contributed by atoms with Crippen LogP contribution in [0.4, 0.5) is 0 Å². The van der Waals surface area contributed by atoms with Gasteiger partial charge in [-0.25, -0.2) is 0 Å². The highest BCUT2D eigenvalue weighted by Gasteiger charge is 2.43. The molecule has 1 aromatic carbocycles. The smallest absolute Gasteiger partial charge is 0.263 e. The third-order valence-corrected chi connectivity index (χ3v) is 4.14. The molecule has 0 saturated carbocycles. The van der Waals surface area contributed by atoms with Crippen molar-refractivity contribution in [3.8, 4) is 0 Å². The Morgan fingerprint density at radius 1 is 1.60 bits per heavy atom. The van der Waals surface area contributed by atoms with Gasteiger partial charge in [-0.3, -0.25) is 10.1 Å². The Bertz CT molecular complexity index is 384. The summed E-state index contributed by atoms with van der Waals surface area (Å²) in [6.07, 6.45) is 0. The third-order valence-electron chi connectivity index (χ3n) is 1.96. The van der Waals surface area contributed by atoms with Crippen molar-refractivity contribution in [1.82, 2.24) is 0 Å². The quantitative estimate of drug-likeness (QED) is 0.353.